The van der Waals surface area contributed by atoms with E-state index in [-0.39, 0.29) is 17.5 Å². The first kappa shape index (κ1) is 15.2. The van der Waals surface area contributed by atoms with Crippen molar-refractivity contribution in [3.63, 3.8) is 0 Å². The smallest absolute Gasteiger partial charge is 0.152 e. The van der Waals surface area contributed by atoms with Crippen LogP contribution in [-0.4, -0.2) is 31.7 Å². The predicted octanol–water partition coefficient (Wildman–Crippen LogP) is 2.66. The van der Waals surface area contributed by atoms with Crippen LogP contribution in [0.3, 0.4) is 0 Å². The van der Waals surface area contributed by atoms with E-state index in [0.717, 1.165) is 22.8 Å². The Kier molecular flexibility index (Phi) is 4.95. The van der Waals surface area contributed by atoms with Gasteiger partial charge in [-0.05, 0) is 30.7 Å². The molecule has 1 fully saturated rings. The Balaban J connectivity index is 2.21. The van der Waals surface area contributed by atoms with Crippen molar-refractivity contribution in [2.24, 2.45) is 0 Å². The molecule has 1 aliphatic heterocycles. The SMILES string of the molecule is CCSc1cccc(NC2CCCS(=O)(=O)C2)c1C#N. The van der Waals surface area contributed by atoms with Crippen LogP contribution >= 0.6 is 11.8 Å². The van der Waals surface area contributed by atoms with Crippen LogP contribution in [0.15, 0.2) is 23.1 Å². The van der Waals surface area contributed by atoms with Gasteiger partial charge in [0.1, 0.15) is 6.07 Å². The van der Waals surface area contributed by atoms with Crippen LogP contribution in [0.25, 0.3) is 0 Å². The van der Waals surface area contributed by atoms with Gasteiger partial charge in [-0.15, -0.1) is 11.8 Å². The van der Waals surface area contributed by atoms with Gasteiger partial charge in [-0.25, -0.2) is 8.42 Å². The van der Waals surface area contributed by atoms with Crippen molar-refractivity contribution in [2.75, 3.05) is 22.6 Å². The van der Waals surface area contributed by atoms with E-state index >= 15 is 0 Å². The molecular formula is C14H18N2O2S2. The van der Waals surface area contributed by atoms with Crippen LogP contribution in [0.2, 0.25) is 0 Å². The van der Waals surface area contributed by atoms with Gasteiger partial charge in [0, 0.05) is 10.9 Å². The molecule has 0 bridgehead atoms. The van der Waals surface area contributed by atoms with Crippen LogP contribution in [0.4, 0.5) is 5.69 Å². The Morgan fingerprint density at radius 2 is 2.30 bits per heavy atom. The van der Waals surface area contributed by atoms with Gasteiger partial charge in [0.2, 0.25) is 0 Å². The molecule has 20 heavy (non-hydrogen) atoms. The lowest BCUT2D eigenvalue weighted by molar-refractivity contribution is 0.562. The van der Waals surface area contributed by atoms with E-state index in [1.54, 1.807) is 11.8 Å². The molecule has 1 aliphatic rings. The van der Waals surface area contributed by atoms with Crippen molar-refractivity contribution >= 4 is 27.3 Å². The Bertz CT molecular complexity index is 621. The van der Waals surface area contributed by atoms with Crippen molar-refractivity contribution in [1.82, 2.24) is 0 Å². The minimum Gasteiger partial charge on any atom is -0.380 e. The summed E-state index contributed by atoms with van der Waals surface area (Å²) < 4.78 is 23.3. The molecule has 108 valence electrons. The Morgan fingerprint density at radius 1 is 1.50 bits per heavy atom. The number of hydrogen-bond acceptors (Lipinski definition) is 5. The summed E-state index contributed by atoms with van der Waals surface area (Å²) in [7, 11) is -2.94. The molecule has 0 aromatic heterocycles. The first-order valence-corrected chi connectivity index (χ1v) is 9.49. The molecule has 1 unspecified atom stereocenters. The number of rotatable bonds is 4. The number of anilines is 1. The van der Waals surface area contributed by atoms with E-state index in [0.29, 0.717) is 12.0 Å². The largest absolute Gasteiger partial charge is 0.380 e. The maximum Gasteiger partial charge on any atom is 0.152 e. The van der Waals surface area contributed by atoms with Gasteiger partial charge >= 0.3 is 0 Å². The number of hydrogen-bond donors (Lipinski definition) is 1. The number of benzene rings is 1. The zero-order chi connectivity index (χ0) is 14.6. The molecule has 0 radical (unpaired) electrons. The number of nitrogens with zero attached hydrogens (tertiary/aromatic N) is 1. The van der Waals surface area contributed by atoms with E-state index in [9.17, 15) is 13.7 Å². The number of nitrogens with one attached hydrogen (secondary N) is 1. The number of sulfone groups is 1. The minimum absolute atomic E-state index is 0.0947. The molecule has 1 N–H and O–H groups in total. The Morgan fingerprint density at radius 3 is 2.95 bits per heavy atom. The molecular weight excluding hydrogens is 292 g/mol. The Labute approximate surface area is 124 Å². The van der Waals surface area contributed by atoms with Crippen LogP contribution in [0.5, 0.6) is 0 Å². The monoisotopic (exact) mass is 310 g/mol. The summed E-state index contributed by atoms with van der Waals surface area (Å²) >= 11 is 1.62. The quantitative estimate of drug-likeness (QED) is 0.866. The lowest BCUT2D eigenvalue weighted by atomic mass is 10.1. The van der Waals surface area contributed by atoms with Crippen molar-refractivity contribution in [3.8, 4) is 6.07 Å². The summed E-state index contributed by atoms with van der Waals surface area (Å²) in [5, 5.41) is 12.6. The third-order valence-corrected chi connectivity index (χ3v) is 6.02. The number of nitriles is 1. The van der Waals surface area contributed by atoms with E-state index < -0.39 is 9.84 Å². The second-order valence-electron chi connectivity index (χ2n) is 4.82. The molecule has 2 rings (SSSR count). The van der Waals surface area contributed by atoms with Crippen molar-refractivity contribution in [1.29, 1.82) is 5.26 Å². The summed E-state index contributed by atoms with van der Waals surface area (Å²) in [6.07, 6.45) is 1.51. The fraction of sp³-hybridized carbons (Fsp3) is 0.500. The van der Waals surface area contributed by atoms with Gasteiger partial charge in [-0.2, -0.15) is 5.26 Å². The lowest BCUT2D eigenvalue weighted by Crippen LogP contribution is -2.35. The second kappa shape index (κ2) is 6.51. The van der Waals surface area contributed by atoms with Gasteiger partial charge in [0.05, 0.1) is 22.8 Å². The molecule has 1 saturated heterocycles. The first-order valence-electron chi connectivity index (χ1n) is 6.68. The van der Waals surface area contributed by atoms with E-state index in [2.05, 4.69) is 11.4 Å². The summed E-state index contributed by atoms with van der Waals surface area (Å²) in [6, 6.07) is 7.81. The maximum atomic E-state index is 11.7. The van der Waals surface area contributed by atoms with Gasteiger partial charge in [-0.1, -0.05) is 13.0 Å². The first-order chi connectivity index (χ1) is 9.55. The molecule has 1 heterocycles. The summed E-state index contributed by atoms with van der Waals surface area (Å²) in [5.74, 6) is 1.33. The Hall–Kier alpha value is -1.19. The standard InChI is InChI=1S/C14H18N2O2S2/c1-2-19-14-7-3-6-13(12(14)9-15)16-11-5-4-8-20(17,18)10-11/h3,6-7,11,16H,2,4-5,8,10H2,1H3. The third-order valence-electron chi connectivity index (χ3n) is 3.26. The average Bonchev–Trinajstić information content (AvgIpc) is 2.38. The summed E-state index contributed by atoms with van der Waals surface area (Å²) in [6.45, 7) is 2.04. The molecule has 6 heteroatoms. The molecule has 4 nitrogen and oxygen atoms in total. The molecule has 0 amide bonds. The second-order valence-corrected chi connectivity index (χ2v) is 8.36. The van der Waals surface area contributed by atoms with E-state index in [4.69, 9.17) is 0 Å². The van der Waals surface area contributed by atoms with Crippen molar-refractivity contribution in [2.45, 2.75) is 30.7 Å². The topological polar surface area (TPSA) is 70.0 Å². The lowest BCUT2D eigenvalue weighted by Gasteiger charge is -2.24. The van der Waals surface area contributed by atoms with E-state index in [1.165, 1.54) is 0 Å². The summed E-state index contributed by atoms with van der Waals surface area (Å²) in [5.41, 5.74) is 1.36. The highest BCUT2D eigenvalue weighted by molar-refractivity contribution is 7.99. The fourth-order valence-electron chi connectivity index (χ4n) is 2.40. The van der Waals surface area contributed by atoms with Crippen LogP contribution < -0.4 is 5.32 Å². The molecule has 0 spiro atoms. The molecule has 1 aromatic carbocycles. The zero-order valence-electron chi connectivity index (χ0n) is 11.4. The fourth-order valence-corrected chi connectivity index (χ4v) is 4.82. The molecule has 1 atom stereocenters. The predicted molar refractivity (Wildman–Crippen MR) is 82.9 cm³/mol. The molecule has 1 aromatic rings. The highest BCUT2D eigenvalue weighted by atomic mass is 32.2. The normalized spacial score (nSPS) is 21.1. The highest BCUT2D eigenvalue weighted by Gasteiger charge is 2.25. The van der Waals surface area contributed by atoms with Crippen molar-refractivity contribution < 1.29 is 8.42 Å². The third kappa shape index (κ3) is 3.68. The zero-order valence-corrected chi connectivity index (χ0v) is 13.1. The van der Waals surface area contributed by atoms with E-state index in [1.807, 2.05) is 25.1 Å². The van der Waals surface area contributed by atoms with Crippen LogP contribution in [-0.2, 0) is 9.84 Å². The van der Waals surface area contributed by atoms with Gasteiger partial charge in [0.15, 0.2) is 9.84 Å². The molecule has 0 saturated carbocycles. The average molecular weight is 310 g/mol. The van der Waals surface area contributed by atoms with Gasteiger partial charge < -0.3 is 5.32 Å². The van der Waals surface area contributed by atoms with Crippen molar-refractivity contribution in [3.05, 3.63) is 23.8 Å². The van der Waals surface area contributed by atoms with Gasteiger partial charge in [-0.3, -0.25) is 0 Å². The summed E-state index contributed by atoms with van der Waals surface area (Å²) in [4.78, 5) is 0.943. The van der Waals surface area contributed by atoms with Crippen LogP contribution in [0, 0.1) is 11.3 Å². The van der Waals surface area contributed by atoms with Gasteiger partial charge in [0.25, 0.3) is 0 Å². The highest BCUT2D eigenvalue weighted by Crippen LogP contribution is 2.29. The maximum absolute atomic E-state index is 11.7. The minimum atomic E-state index is -2.94. The molecule has 0 aliphatic carbocycles. The van der Waals surface area contributed by atoms with Crippen LogP contribution in [0.1, 0.15) is 25.3 Å². The number of thioether (sulfide) groups is 1.